The molecule has 2 fully saturated rings. The molecule has 0 aromatic carbocycles. The zero-order valence-electron chi connectivity index (χ0n) is 15.9. The Morgan fingerprint density at radius 1 is 0.815 bits per heavy atom. The maximum Gasteiger partial charge on any atom is 2.00 e. The first kappa shape index (κ1) is 28.0. The van der Waals surface area contributed by atoms with Gasteiger partial charge >= 0.3 is 27.3 Å². The van der Waals surface area contributed by atoms with Gasteiger partial charge < -0.3 is 59.5 Å². The number of hydrogen-bond acceptors (Lipinski definition) is 8. The fourth-order valence-electron chi connectivity index (χ4n) is 2.96. The minimum absolute atomic E-state index is 0. The van der Waals surface area contributed by atoms with Crippen molar-refractivity contribution in [1.29, 1.82) is 0 Å². The molecular formula is C14H24CdN2O4S6. The van der Waals surface area contributed by atoms with E-state index in [0.29, 0.717) is 21.5 Å². The van der Waals surface area contributed by atoms with Gasteiger partial charge in [0.1, 0.15) is 0 Å². The summed E-state index contributed by atoms with van der Waals surface area (Å²) in [6.45, 7) is 3.77. The first-order valence-corrected chi connectivity index (χ1v) is 13.1. The van der Waals surface area contributed by atoms with Crippen LogP contribution in [0.25, 0.3) is 0 Å². The second-order valence-electron chi connectivity index (χ2n) is 7.33. The number of rotatable bonds is 2. The van der Waals surface area contributed by atoms with Gasteiger partial charge in [0.15, 0.2) is 19.7 Å². The first-order valence-electron chi connectivity index (χ1n) is 7.84. The SMILES string of the molecule is CN(C(=S)[S-])C1(C)CCS(=O)(=O)C1.CN(C(=S)[S-])C1(C)CCS(=O)(=O)C1.[Cd+2]. The van der Waals surface area contributed by atoms with Crippen molar-refractivity contribution in [2.75, 3.05) is 37.1 Å². The maximum atomic E-state index is 11.3. The molecule has 0 aromatic rings. The molecule has 2 aliphatic heterocycles. The van der Waals surface area contributed by atoms with E-state index >= 15 is 0 Å². The van der Waals surface area contributed by atoms with Gasteiger partial charge in [-0.15, -0.1) is 0 Å². The van der Waals surface area contributed by atoms with Gasteiger partial charge in [-0.3, -0.25) is 0 Å². The van der Waals surface area contributed by atoms with Gasteiger partial charge in [-0.25, -0.2) is 16.8 Å². The van der Waals surface area contributed by atoms with E-state index in [-0.39, 0.29) is 50.3 Å². The molecule has 6 nitrogen and oxygen atoms in total. The van der Waals surface area contributed by atoms with Crippen LogP contribution in [0, 0.1) is 0 Å². The third kappa shape index (κ3) is 7.66. The molecule has 0 aliphatic carbocycles. The Balaban J connectivity index is 0.000000483. The molecule has 2 aliphatic rings. The van der Waals surface area contributed by atoms with Gasteiger partial charge in [0, 0.05) is 14.1 Å². The second kappa shape index (κ2) is 9.90. The van der Waals surface area contributed by atoms with Crippen molar-refractivity contribution in [3.05, 3.63) is 0 Å². The quantitative estimate of drug-likeness (QED) is 0.261. The van der Waals surface area contributed by atoms with Gasteiger partial charge in [0.2, 0.25) is 0 Å². The fraction of sp³-hybridized carbons (Fsp3) is 0.857. The van der Waals surface area contributed by atoms with Crippen molar-refractivity contribution in [2.45, 2.75) is 37.8 Å². The average Bonchev–Trinajstić information content (AvgIpc) is 2.94. The zero-order chi connectivity index (χ0) is 20.6. The molecule has 2 unspecified atom stereocenters. The van der Waals surface area contributed by atoms with Crippen molar-refractivity contribution in [2.24, 2.45) is 0 Å². The predicted octanol–water partition coefficient (Wildman–Crippen LogP) is 0.652. The molecule has 13 heteroatoms. The van der Waals surface area contributed by atoms with E-state index < -0.39 is 30.8 Å². The summed E-state index contributed by atoms with van der Waals surface area (Å²) in [4.78, 5) is 3.42. The van der Waals surface area contributed by atoms with Crippen LogP contribution in [0.2, 0.25) is 0 Å². The molecule has 2 saturated heterocycles. The number of thiocarbonyl (C=S) groups is 2. The molecule has 2 atom stereocenters. The molecule has 0 spiro atoms. The van der Waals surface area contributed by atoms with Crippen molar-refractivity contribution < 1.29 is 44.1 Å². The molecule has 0 N–H and O–H groups in total. The van der Waals surface area contributed by atoms with E-state index in [0.717, 1.165) is 0 Å². The molecule has 2 rings (SSSR count). The molecule has 27 heavy (non-hydrogen) atoms. The molecule has 0 saturated carbocycles. The van der Waals surface area contributed by atoms with E-state index in [2.05, 4.69) is 0 Å². The van der Waals surface area contributed by atoms with E-state index in [4.69, 9.17) is 49.7 Å². The molecule has 0 bridgehead atoms. The van der Waals surface area contributed by atoms with Crippen LogP contribution in [0.4, 0.5) is 0 Å². The van der Waals surface area contributed by atoms with Crippen LogP contribution >= 0.6 is 24.4 Å². The Bertz CT molecular complexity index is 721. The van der Waals surface area contributed by atoms with Gasteiger partial charge in [-0.1, -0.05) is 8.64 Å². The molecular weight excluding hydrogens is 565 g/mol. The zero-order valence-corrected chi connectivity index (χ0v) is 24.9. The van der Waals surface area contributed by atoms with E-state index in [1.54, 1.807) is 23.9 Å². The van der Waals surface area contributed by atoms with Crippen LogP contribution in [-0.2, 0) is 72.2 Å². The monoisotopic (exact) mass is 590 g/mol. The molecule has 0 aromatic heterocycles. The topological polar surface area (TPSA) is 74.8 Å². The van der Waals surface area contributed by atoms with Crippen LogP contribution < -0.4 is 0 Å². The summed E-state index contributed by atoms with van der Waals surface area (Å²) in [6, 6.07) is 0. The van der Waals surface area contributed by atoms with Crippen LogP contribution in [0.3, 0.4) is 0 Å². The summed E-state index contributed by atoms with van der Waals surface area (Å²) in [5, 5.41) is 0. The molecule has 2 heterocycles. The summed E-state index contributed by atoms with van der Waals surface area (Å²) in [7, 11) is -2.24. The largest absolute Gasteiger partial charge is 2.00 e. The van der Waals surface area contributed by atoms with E-state index in [1.165, 1.54) is 0 Å². The summed E-state index contributed by atoms with van der Waals surface area (Å²) in [5.41, 5.74) is -0.782. The Kier molecular flexibility index (Phi) is 10.3. The number of hydrogen-bond donors (Lipinski definition) is 0. The van der Waals surface area contributed by atoms with E-state index in [1.807, 2.05) is 13.8 Å². The molecule has 0 amide bonds. The summed E-state index contributed by atoms with van der Waals surface area (Å²) in [5.74, 6) is 0.804. The van der Waals surface area contributed by atoms with E-state index in [9.17, 15) is 16.8 Å². The smallest absolute Gasteiger partial charge is 0.411 e. The third-order valence-corrected chi connectivity index (χ3v) is 10.0. The average molecular weight is 589 g/mol. The normalized spacial score (nSPS) is 30.4. The van der Waals surface area contributed by atoms with Crippen molar-refractivity contribution in [1.82, 2.24) is 9.80 Å². The van der Waals surface area contributed by atoms with Crippen LogP contribution in [0.1, 0.15) is 26.7 Å². The Morgan fingerprint density at radius 2 is 1.07 bits per heavy atom. The first-order chi connectivity index (χ1) is 11.5. The van der Waals surface area contributed by atoms with Gasteiger partial charge in [-0.05, 0) is 26.7 Å². The Labute approximate surface area is 205 Å². The van der Waals surface area contributed by atoms with Crippen LogP contribution in [-0.4, -0.2) is 83.5 Å². The second-order valence-corrected chi connectivity index (χ2v) is 13.8. The number of sulfone groups is 2. The van der Waals surface area contributed by atoms with Gasteiger partial charge in [0.05, 0.1) is 34.1 Å². The minimum Gasteiger partial charge on any atom is -0.411 e. The van der Waals surface area contributed by atoms with Gasteiger partial charge in [-0.2, -0.15) is 0 Å². The number of nitrogens with zero attached hydrogens (tertiary/aromatic N) is 2. The minimum atomic E-state index is -2.88. The Hall–Kier alpha value is 1.04. The van der Waals surface area contributed by atoms with Gasteiger partial charge in [0.25, 0.3) is 0 Å². The van der Waals surface area contributed by atoms with Crippen LogP contribution in [0.5, 0.6) is 0 Å². The fourth-order valence-corrected chi connectivity index (χ4v) is 8.20. The standard InChI is InChI=1S/2C7H13NO2S3.Cd/c2*1-7(8(2)6(11)12)3-4-13(9,10)5-7;/h2*3-5H2,1-2H3,(H,11,12);/q;;+2/p-2. The van der Waals surface area contributed by atoms with Crippen molar-refractivity contribution in [3.8, 4) is 0 Å². The summed E-state index contributed by atoms with van der Waals surface area (Å²) >= 11 is 19.4. The summed E-state index contributed by atoms with van der Waals surface area (Å²) in [6.07, 6.45) is 1.23. The molecule has 0 radical (unpaired) electrons. The Morgan fingerprint density at radius 3 is 1.22 bits per heavy atom. The molecule has 152 valence electrons. The predicted molar refractivity (Wildman–Crippen MR) is 119 cm³/mol. The van der Waals surface area contributed by atoms with Crippen molar-refractivity contribution in [3.63, 3.8) is 0 Å². The summed E-state index contributed by atoms with van der Waals surface area (Å²) < 4.78 is 45.7. The third-order valence-electron chi connectivity index (χ3n) is 5.13. The van der Waals surface area contributed by atoms with Crippen molar-refractivity contribution >= 4 is 78.0 Å². The van der Waals surface area contributed by atoms with Crippen LogP contribution in [0.15, 0.2) is 0 Å². The maximum absolute atomic E-state index is 11.3.